The largest absolute Gasteiger partial charge is 0.453 e. The summed E-state index contributed by atoms with van der Waals surface area (Å²) in [5, 5.41) is 8.07. The maximum Gasteiger partial charge on any atom is 0.453 e. The number of rotatable bonds is 8. The zero-order valence-corrected chi connectivity index (χ0v) is 22.5. The normalized spacial score (nSPS) is 13.6. The van der Waals surface area contributed by atoms with Crippen molar-refractivity contribution in [3.8, 4) is 0 Å². The molecule has 0 saturated heterocycles. The van der Waals surface area contributed by atoms with Crippen molar-refractivity contribution >= 4 is 39.9 Å². The van der Waals surface area contributed by atoms with E-state index < -0.39 is 59.2 Å². The van der Waals surface area contributed by atoms with Gasteiger partial charge in [-0.2, -0.15) is 31.3 Å². The number of hydrogen-bond donors (Lipinski definition) is 2. The van der Waals surface area contributed by atoms with Crippen LogP contribution in [0, 0.1) is 6.92 Å². The topological polar surface area (TPSA) is 119 Å². The van der Waals surface area contributed by atoms with E-state index in [0.29, 0.717) is 0 Å². The molecule has 2 aromatic heterocycles. The highest BCUT2D eigenvalue weighted by Crippen LogP contribution is 2.33. The number of amides is 2. The van der Waals surface area contributed by atoms with Crippen LogP contribution in [-0.4, -0.2) is 53.8 Å². The minimum Gasteiger partial charge on any atom is -0.349 e. The van der Waals surface area contributed by atoms with Crippen molar-refractivity contribution in [3.63, 3.8) is 0 Å². The second kappa shape index (κ2) is 11.9. The van der Waals surface area contributed by atoms with Gasteiger partial charge in [-0.05, 0) is 38.1 Å². The van der Waals surface area contributed by atoms with Crippen molar-refractivity contribution in [3.05, 3.63) is 69.5 Å². The van der Waals surface area contributed by atoms with Gasteiger partial charge in [-0.1, -0.05) is 17.7 Å². The molecule has 9 nitrogen and oxygen atoms in total. The van der Waals surface area contributed by atoms with Crippen LogP contribution >= 0.6 is 11.6 Å². The number of nitrogens with zero attached hydrogens (tertiary/aromatic N) is 4. The van der Waals surface area contributed by atoms with E-state index in [4.69, 9.17) is 11.6 Å². The van der Waals surface area contributed by atoms with E-state index in [1.807, 2.05) is 0 Å². The molecule has 17 heteroatoms. The summed E-state index contributed by atoms with van der Waals surface area (Å²) in [5.74, 6) is -5.05. The van der Waals surface area contributed by atoms with Crippen LogP contribution in [0.3, 0.4) is 0 Å². The molecular formula is C23H21ClF6N6O3S. The quantitative estimate of drug-likeness (QED) is 0.364. The van der Waals surface area contributed by atoms with Crippen molar-refractivity contribution in [1.82, 2.24) is 25.1 Å². The zero-order chi connectivity index (χ0) is 30.0. The van der Waals surface area contributed by atoms with Crippen molar-refractivity contribution in [2.24, 2.45) is 0 Å². The number of nitrogens with one attached hydrogen (secondary N) is 2. The molecular weight excluding hydrogens is 590 g/mol. The minimum absolute atomic E-state index is 0.0216. The molecule has 0 saturated carbocycles. The number of aromatic nitrogens is 4. The van der Waals surface area contributed by atoms with Crippen molar-refractivity contribution in [2.45, 2.75) is 38.8 Å². The Balaban J connectivity index is 1.84. The molecule has 40 heavy (non-hydrogen) atoms. The first-order valence-electron chi connectivity index (χ1n) is 11.2. The lowest BCUT2D eigenvalue weighted by Crippen LogP contribution is -2.37. The van der Waals surface area contributed by atoms with Gasteiger partial charge in [0.1, 0.15) is 0 Å². The number of carbonyl (C=O) groups excluding carboxylic acids is 2. The minimum atomic E-state index is -5.20. The monoisotopic (exact) mass is 610 g/mol. The summed E-state index contributed by atoms with van der Waals surface area (Å²) in [5.41, 5.74) is -0.104. The summed E-state index contributed by atoms with van der Waals surface area (Å²) >= 11 is 6.19. The Morgan fingerprint density at radius 2 is 1.73 bits per heavy atom. The SMILES string of the molecule is Cc1nc(Cn2nc(C(F)(F)F)nc2C(F)(F)F)ccc1NC(=O)c1cccc(Cl)c1C(=O)N[C@@H](C)CS(C)=O. The second-order valence-corrected chi connectivity index (χ2v) is 10.5. The van der Waals surface area contributed by atoms with Gasteiger partial charge in [0, 0.05) is 28.9 Å². The summed E-state index contributed by atoms with van der Waals surface area (Å²) < 4.78 is 89.9. The van der Waals surface area contributed by atoms with Crippen molar-refractivity contribution in [2.75, 3.05) is 17.3 Å². The molecule has 2 N–H and O–H groups in total. The Bertz CT molecular complexity index is 1460. The fraction of sp³-hybridized carbons (Fsp3) is 0.348. The number of pyridine rings is 1. The highest BCUT2D eigenvalue weighted by molar-refractivity contribution is 7.84. The lowest BCUT2D eigenvalue weighted by molar-refractivity contribution is -0.150. The number of halogens is 7. The molecule has 0 aliphatic carbocycles. The molecule has 3 rings (SSSR count). The molecule has 0 fully saturated rings. The molecule has 2 heterocycles. The van der Waals surface area contributed by atoms with Crippen LogP contribution in [0.15, 0.2) is 30.3 Å². The van der Waals surface area contributed by atoms with E-state index in [0.717, 1.165) is 0 Å². The number of benzene rings is 1. The first-order chi connectivity index (χ1) is 18.5. The highest BCUT2D eigenvalue weighted by atomic mass is 35.5. The number of aryl methyl sites for hydroxylation is 1. The Morgan fingerprint density at radius 3 is 2.30 bits per heavy atom. The predicted molar refractivity (Wildman–Crippen MR) is 133 cm³/mol. The lowest BCUT2D eigenvalue weighted by Gasteiger charge is -2.16. The Hall–Kier alpha value is -3.53. The van der Waals surface area contributed by atoms with Crippen LogP contribution < -0.4 is 10.6 Å². The van der Waals surface area contributed by atoms with Crippen LogP contribution in [0.1, 0.15) is 50.7 Å². The van der Waals surface area contributed by atoms with E-state index in [1.165, 1.54) is 43.5 Å². The van der Waals surface area contributed by atoms with E-state index in [9.17, 15) is 40.1 Å². The van der Waals surface area contributed by atoms with Gasteiger partial charge >= 0.3 is 12.4 Å². The zero-order valence-electron chi connectivity index (χ0n) is 20.9. The molecule has 0 aliphatic heterocycles. The molecule has 216 valence electrons. The van der Waals surface area contributed by atoms with E-state index in [2.05, 4.69) is 25.7 Å². The van der Waals surface area contributed by atoms with Crippen molar-refractivity contribution in [1.29, 1.82) is 0 Å². The fourth-order valence-electron chi connectivity index (χ4n) is 3.59. The molecule has 2 atom stereocenters. The highest BCUT2D eigenvalue weighted by Gasteiger charge is 2.44. The van der Waals surface area contributed by atoms with Gasteiger partial charge in [0.25, 0.3) is 17.6 Å². The smallest absolute Gasteiger partial charge is 0.349 e. The average molecular weight is 611 g/mol. The molecule has 1 aromatic carbocycles. The summed E-state index contributed by atoms with van der Waals surface area (Å²) in [6.45, 7) is 2.25. The molecule has 0 radical (unpaired) electrons. The van der Waals surface area contributed by atoms with Crippen LogP contribution in [0.5, 0.6) is 0 Å². The van der Waals surface area contributed by atoms with Gasteiger partial charge < -0.3 is 10.6 Å². The summed E-state index contributed by atoms with van der Waals surface area (Å²) in [4.78, 5) is 32.5. The third kappa shape index (κ3) is 7.56. The molecule has 0 bridgehead atoms. The Kier molecular flexibility index (Phi) is 9.24. The number of anilines is 1. The van der Waals surface area contributed by atoms with Crippen LogP contribution in [0.25, 0.3) is 0 Å². The third-order valence-corrected chi connectivity index (χ3v) is 6.51. The summed E-state index contributed by atoms with van der Waals surface area (Å²) in [7, 11) is -1.19. The van der Waals surface area contributed by atoms with E-state index >= 15 is 0 Å². The van der Waals surface area contributed by atoms with Gasteiger partial charge in [-0.25, -0.2) is 4.68 Å². The third-order valence-electron chi connectivity index (χ3n) is 5.23. The standard InChI is InChI=1S/C23H21ClF6N6O3S/c1-11(10-40(3)39)31-19(38)17-14(5-4-6-15(17)24)18(37)33-16-8-7-13(32-12(16)2)9-36-21(23(28,29)30)34-20(35-36)22(25,26)27/h4-8,11H,9-10H2,1-3H3,(H,31,38)(H,33,37)/t11-,40?/m0/s1. The average Bonchev–Trinajstić information content (AvgIpc) is 3.25. The van der Waals surface area contributed by atoms with Gasteiger partial charge in [0.2, 0.25) is 5.82 Å². The summed E-state index contributed by atoms with van der Waals surface area (Å²) in [6.07, 6.45) is -8.92. The maximum absolute atomic E-state index is 13.2. The number of alkyl halides is 6. The van der Waals surface area contributed by atoms with E-state index in [1.54, 1.807) is 6.92 Å². The Labute approximate surface area is 230 Å². The molecule has 3 aromatic rings. The number of hydrogen-bond acceptors (Lipinski definition) is 6. The van der Waals surface area contributed by atoms with Gasteiger partial charge in [-0.3, -0.25) is 18.8 Å². The van der Waals surface area contributed by atoms with Crippen LogP contribution in [0.4, 0.5) is 32.0 Å². The van der Waals surface area contributed by atoms with Gasteiger partial charge in [-0.15, -0.1) is 5.10 Å². The maximum atomic E-state index is 13.2. The van der Waals surface area contributed by atoms with Crippen molar-refractivity contribution < 1.29 is 40.1 Å². The second-order valence-electron chi connectivity index (χ2n) is 8.58. The molecule has 0 spiro atoms. The Morgan fingerprint density at radius 1 is 1.05 bits per heavy atom. The van der Waals surface area contributed by atoms with Crippen LogP contribution in [-0.2, 0) is 29.7 Å². The first-order valence-corrected chi connectivity index (χ1v) is 13.3. The molecule has 1 unspecified atom stereocenters. The first kappa shape index (κ1) is 31.0. The van der Waals surface area contributed by atoms with Gasteiger partial charge in [0.05, 0.1) is 39.8 Å². The molecule has 0 aliphatic rings. The fourth-order valence-corrected chi connectivity index (χ4v) is 4.64. The summed E-state index contributed by atoms with van der Waals surface area (Å²) in [6, 6.07) is 6.18. The van der Waals surface area contributed by atoms with Crippen LogP contribution in [0.2, 0.25) is 5.02 Å². The lowest BCUT2D eigenvalue weighted by atomic mass is 10.1. The van der Waals surface area contributed by atoms with E-state index in [-0.39, 0.29) is 43.7 Å². The molecule has 2 amide bonds. The van der Waals surface area contributed by atoms with Gasteiger partial charge in [0.15, 0.2) is 0 Å². The predicted octanol–water partition coefficient (Wildman–Crippen LogP) is 4.47. The number of carbonyl (C=O) groups is 2.